The molecule has 0 radical (unpaired) electrons. The minimum absolute atomic E-state index is 0.170. The lowest BCUT2D eigenvalue weighted by atomic mass is 10.2. The van der Waals surface area contributed by atoms with E-state index in [2.05, 4.69) is 26.6 Å². The van der Waals surface area contributed by atoms with Gasteiger partial charge in [-0.05, 0) is 78.9 Å². The van der Waals surface area contributed by atoms with Crippen molar-refractivity contribution in [2.24, 2.45) is 0 Å². The second kappa shape index (κ2) is 11.6. The molecule has 0 atom stereocenters. The smallest absolute Gasteiger partial charge is 0.283 e. The third kappa shape index (κ3) is 5.89. The number of amides is 3. The SMILES string of the molecule is COc1ccc(NC2=C(Sc3cccc(NC(=O)c4ccc(Br)cc4)c3)C(=O)N(c3ccccc3)C2=O)cc1. The van der Waals surface area contributed by atoms with Gasteiger partial charge in [0, 0.05) is 26.3 Å². The van der Waals surface area contributed by atoms with E-state index in [0.29, 0.717) is 33.3 Å². The van der Waals surface area contributed by atoms with Gasteiger partial charge in [-0.15, -0.1) is 0 Å². The summed E-state index contributed by atoms with van der Waals surface area (Å²) in [6.45, 7) is 0. The van der Waals surface area contributed by atoms with Gasteiger partial charge in [0.05, 0.1) is 12.8 Å². The van der Waals surface area contributed by atoms with Crippen molar-refractivity contribution in [3.8, 4) is 5.75 Å². The van der Waals surface area contributed by atoms with Gasteiger partial charge in [-0.25, -0.2) is 4.90 Å². The molecule has 7 nitrogen and oxygen atoms in total. The van der Waals surface area contributed by atoms with E-state index in [1.54, 1.807) is 98.1 Å². The van der Waals surface area contributed by atoms with Gasteiger partial charge >= 0.3 is 0 Å². The van der Waals surface area contributed by atoms with E-state index in [9.17, 15) is 14.4 Å². The first-order valence-corrected chi connectivity index (χ1v) is 13.5. The molecule has 0 saturated heterocycles. The number of ether oxygens (including phenoxy) is 1. The van der Waals surface area contributed by atoms with Crippen LogP contribution in [0, 0.1) is 0 Å². The number of methoxy groups -OCH3 is 1. The number of thioether (sulfide) groups is 1. The molecule has 0 bridgehead atoms. The molecule has 194 valence electrons. The lowest BCUT2D eigenvalue weighted by Crippen LogP contribution is -2.32. The molecule has 1 aliphatic rings. The first kappa shape index (κ1) is 26.3. The predicted molar refractivity (Wildman–Crippen MR) is 157 cm³/mol. The van der Waals surface area contributed by atoms with Crippen molar-refractivity contribution < 1.29 is 19.1 Å². The summed E-state index contributed by atoms with van der Waals surface area (Å²) in [5.74, 6) is -0.473. The maximum Gasteiger partial charge on any atom is 0.283 e. The predicted octanol–water partition coefficient (Wildman–Crippen LogP) is 6.70. The van der Waals surface area contributed by atoms with Crippen molar-refractivity contribution >= 4 is 62.5 Å². The number of halogens is 1. The molecule has 39 heavy (non-hydrogen) atoms. The van der Waals surface area contributed by atoms with Gasteiger partial charge in [-0.2, -0.15) is 0 Å². The highest BCUT2D eigenvalue weighted by Gasteiger charge is 2.40. The van der Waals surface area contributed by atoms with E-state index in [1.807, 2.05) is 12.1 Å². The van der Waals surface area contributed by atoms with Gasteiger partial charge < -0.3 is 15.4 Å². The highest BCUT2D eigenvalue weighted by Crippen LogP contribution is 2.38. The molecule has 0 aliphatic carbocycles. The zero-order valence-electron chi connectivity index (χ0n) is 20.7. The van der Waals surface area contributed by atoms with Crippen molar-refractivity contribution in [2.45, 2.75) is 4.90 Å². The summed E-state index contributed by atoms with van der Waals surface area (Å²) in [6.07, 6.45) is 0. The van der Waals surface area contributed by atoms with Crippen molar-refractivity contribution in [1.82, 2.24) is 0 Å². The average Bonchev–Trinajstić information content (AvgIpc) is 3.18. The van der Waals surface area contributed by atoms with Crippen LogP contribution in [0.2, 0.25) is 0 Å². The van der Waals surface area contributed by atoms with Crippen LogP contribution in [0.25, 0.3) is 0 Å². The van der Waals surface area contributed by atoms with Crippen LogP contribution in [-0.4, -0.2) is 24.8 Å². The van der Waals surface area contributed by atoms with Gasteiger partial charge in [0.1, 0.15) is 16.4 Å². The summed E-state index contributed by atoms with van der Waals surface area (Å²) < 4.78 is 6.10. The second-order valence-electron chi connectivity index (χ2n) is 8.43. The number of anilines is 3. The van der Waals surface area contributed by atoms with Crippen molar-refractivity contribution in [3.63, 3.8) is 0 Å². The fourth-order valence-corrected chi connectivity index (χ4v) is 5.16. The Kier molecular flexibility index (Phi) is 7.81. The molecular formula is C30H22BrN3O4S. The lowest BCUT2D eigenvalue weighted by molar-refractivity contribution is -0.120. The summed E-state index contributed by atoms with van der Waals surface area (Å²) in [6, 6.07) is 30.1. The van der Waals surface area contributed by atoms with E-state index < -0.39 is 11.8 Å². The van der Waals surface area contributed by atoms with Crippen molar-refractivity contribution in [1.29, 1.82) is 0 Å². The number of carbonyl (C=O) groups is 3. The number of nitrogens with zero attached hydrogens (tertiary/aromatic N) is 1. The standard InChI is InChI=1S/C30H22BrN3O4S/c1-38-24-16-14-21(15-17-24)32-26-27(30(37)34(29(26)36)23-7-3-2-4-8-23)39-25-9-5-6-22(18-25)33-28(35)19-10-12-20(31)13-11-19/h2-18,32H,1H3,(H,33,35). The Balaban J connectivity index is 1.44. The monoisotopic (exact) mass is 599 g/mol. The summed E-state index contributed by atoms with van der Waals surface area (Å²) in [5.41, 5.74) is 2.36. The zero-order valence-corrected chi connectivity index (χ0v) is 23.1. The summed E-state index contributed by atoms with van der Waals surface area (Å²) in [5, 5.41) is 6.02. The number of nitrogens with one attached hydrogen (secondary N) is 2. The third-order valence-corrected chi connectivity index (χ3v) is 7.43. The number of para-hydroxylation sites is 1. The molecule has 5 rings (SSSR count). The van der Waals surface area contributed by atoms with Crippen LogP contribution in [0.5, 0.6) is 5.75 Å². The van der Waals surface area contributed by atoms with Crippen LogP contribution in [-0.2, 0) is 9.59 Å². The fourth-order valence-electron chi connectivity index (χ4n) is 3.90. The topological polar surface area (TPSA) is 87.7 Å². The Morgan fingerprint density at radius 3 is 2.23 bits per heavy atom. The Labute approximate surface area is 238 Å². The first-order chi connectivity index (χ1) is 18.9. The Morgan fingerprint density at radius 1 is 0.821 bits per heavy atom. The van der Waals surface area contributed by atoms with E-state index in [1.165, 1.54) is 0 Å². The van der Waals surface area contributed by atoms with E-state index in [0.717, 1.165) is 21.1 Å². The van der Waals surface area contributed by atoms with Crippen LogP contribution in [0.1, 0.15) is 10.4 Å². The maximum atomic E-state index is 13.6. The highest BCUT2D eigenvalue weighted by molar-refractivity contribution is 9.10. The number of rotatable bonds is 8. The maximum absolute atomic E-state index is 13.6. The molecule has 4 aromatic carbocycles. The fraction of sp³-hybridized carbons (Fsp3) is 0.0333. The minimum Gasteiger partial charge on any atom is -0.497 e. The molecule has 0 unspecified atom stereocenters. The number of carbonyl (C=O) groups excluding carboxylic acids is 3. The van der Waals surface area contributed by atoms with Crippen LogP contribution in [0.3, 0.4) is 0 Å². The molecule has 0 spiro atoms. The summed E-state index contributed by atoms with van der Waals surface area (Å²) >= 11 is 4.53. The number of hydrogen-bond acceptors (Lipinski definition) is 6. The first-order valence-electron chi connectivity index (χ1n) is 11.9. The van der Waals surface area contributed by atoms with Crippen LogP contribution < -0.4 is 20.3 Å². The van der Waals surface area contributed by atoms with Gasteiger partial charge in [-0.3, -0.25) is 14.4 Å². The number of benzene rings is 4. The Hall–Kier alpha value is -4.34. The quantitative estimate of drug-likeness (QED) is 0.219. The molecule has 9 heteroatoms. The van der Waals surface area contributed by atoms with Crippen LogP contribution in [0.15, 0.2) is 123 Å². The van der Waals surface area contributed by atoms with Crippen LogP contribution in [0.4, 0.5) is 17.1 Å². The molecule has 0 fully saturated rings. The van der Waals surface area contributed by atoms with Gasteiger partial charge in [-0.1, -0.05) is 52.0 Å². The Bertz CT molecular complexity index is 1570. The zero-order chi connectivity index (χ0) is 27.4. The average molecular weight is 600 g/mol. The van der Waals surface area contributed by atoms with E-state index in [4.69, 9.17) is 4.74 Å². The Morgan fingerprint density at radius 2 is 1.54 bits per heavy atom. The third-order valence-electron chi connectivity index (χ3n) is 5.83. The molecule has 4 aromatic rings. The summed E-state index contributed by atoms with van der Waals surface area (Å²) in [7, 11) is 1.58. The molecule has 3 amide bonds. The summed E-state index contributed by atoms with van der Waals surface area (Å²) in [4.78, 5) is 41.9. The molecular weight excluding hydrogens is 578 g/mol. The lowest BCUT2D eigenvalue weighted by Gasteiger charge is -2.15. The largest absolute Gasteiger partial charge is 0.497 e. The number of imide groups is 1. The molecule has 1 aliphatic heterocycles. The molecule has 1 heterocycles. The molecule has 0 aromatic heterocycles. The normalized spacial score (nSPS) is 13.0. The van der Waals surface area contributed by atoms with E-state index in [-0.39, 0.29) is 16.5 Å². The second-order valence-corrected chi connectivity index (χ2v) is 10.4. The van der Waals surface area contributed by atoms with Gasteiger partial charge in [0.15, 0.2) is 0 Å². The molecule has 0 saturated carbocycles. The van der Waals surface area contributed by atoms with Crippen molar-refractivity contribution in [2.75, 3.05) is 22.6 Å². The minimum atomic E-state index is -0.454. The van der Waals surface area contributed by atoms with Crippen LogP contribution >= 0.6 is 27.7 Å². The van der Waals surface area contributed by atoms with Gasteiger partial charge in [0.25, 0.3) is 17.7 Å². The van der Waals surface area contributed by atoms with Crippen molar-refractivity contribution in [3.05, 3.63) is 124 Å². The van der Waals surface area contributed by atoms with E-state index >= 15 is 0 Å². The highest BCUT2D eigenvalue weighted by atomic mass is 79.9. The molecule has 2 N–H and O–H groups in total. The van der Waals surface area contributed by atoms with Gasteiger partial charge in [0.2, 0.25) is 0 Å². The number of hydrogen-bond donors (Lipinski definition) is 2.